The molecule has 0 rings (SSSR count). The zero-order chi connectivity index (χ0) is 5.86. The summed E-state index contributed by atoms with van der Waals surface area (Å²) < 4.78 is 0. The number of hydrogen-bond acceptors (Lipinski definition) is 3. The van der Waals surface area contributed by atoms with Crippen molar-refractivity contribution in [2.75, 3.05) is 6.61 Å². The van der Waals surface area contributed by atoms with E-state index in [-0.39, 0.29) is 0 Å². The molecule has 0 amide bonds. The molecule has 0 saturated heterocycles. The van der Waals surface area contributed by atoms with Gasteiger partial charge in [0.1, 0.15) is 7.85 Å². The van der Waals surface area contributed by atoms with Crippen LogP contribution in [0.4, 0.5) is 0 Å². The highest BCUT2D eigenvalue weighted by Crippen LogP contribution is 1.83. The maximum absolute atomic E-state index is 8.31. The Morgan fingerprint density at radius 2 is 1.86 bits per heavy atom. The van der Waals surface area contributed by atoms with Crippen molar-refractivity contribution in [2.45, 2.75) is 12.1 Å². The SMILES string of the molecule is [B]C(O)C(O)CO. The maximum atomic E-state index is 8.31. The van der Waals surface area contributed by atoms with E-state index in [0.29, 0.717) is 0 Å². The van der Waals surface area contributed by atoms with Crippen LogP contribution in [0.15, 0.2) is 0 Å². The molecular formula is C3H7BO3. The highest BCUT2D eigenvalue weighted by Gasteiger charge is 2.06. The van der Waals surface area contributed by atoms with Gasteiger partial charge in [0.15, 0.2) is 0 Å². The molecule has 0 aromatic heterocycles. The first kappa shape index (κ1) is 6.94. The monoisotopic (exact) mass is 102 g/mol. The van der Waals surface area contributed by atoms with Crippen LogP contribution in [0.25, 0.3) is 0 Å². The van der Waals surface area contributed by atoms with E-state index >= 15 is 0 Å². The molecule has 0 aromatic carbocycles. The molecule has 2 atom stereocenters. The first-order chi connectivity index (χ1) is 3.18. The zero-order valence-corrected chi connectivity index (χ0v) is 3.78. The van der Waals surface area contributed by atoms with Crippen LogP contribution in [-0.4, -0.2) is 41.9 Å². The van der Waals surface area contributed by atoms with E-state index in [2.05, 4.69) is 0 Å². The Hall–Kier alpha value is -0.0551. The summed E-state index contributed by atoms with van der Waals surface area (Å²) in [6.45, 7) is -0.502. The lowest BCUT2D eigenvalue weighted by atomic mass is 9.95. The van der Waals surface area contributed by atoms with Crippen LogP contribution >= 0.6 is 0 Å². The van der Waals surface area contributed by atoms with Crippen LogP contribution < -0.4 is 0 Å². The average molecular weight is 102 g/mol. The van der Waals surface area contributed by atoms with Crippen molar-refractivity contribution in [1.29, 1.82) is 0 Å². The molecule has 0 aromatic rings. The minimum atomic E-state index is -1.33. The third-order valence-corrected chi connectivity index (χ3v) is 0.581. The minimum absolute atomic E-state index is 0.502. The Bertz CT molecular complexity index is 47.4. The lowest BCUT2D eigenvalue weighted by molar-refractivity contribution is 0.0247. The molecule has 0 spiro atoms. The highest BCUT2D eigenvalue weighted by atomic mass is 16.4. The third kappa shape index (κ3) is 2.62. The first-order valence-corrected chi connectivity index (χ1v) is 1.91. The van der Waals surface area contributed by atoms with Crippen LogP contribution in [0.1, 0.15) is 0 Å². The summed E-state index contributed by atoms with van der Waals surface area (Å²) in [7, 11) is 4.69. The topological polar surface area (TPSA) is 60.7 Å². The second-order valence-corrected chi connectivity index (χ2v) is 1.24. The largest absolute Gasteiger partial charge is 0.400 e. The first-order valence-electron chi connectivity index (χ1n) is 1.91. The van der Waals surface area contributed by atoms with E-state index < -0.39 is 18.7 Å². The summed E-state index contributed by atoms with van der Waals surface area (Å²) in [4.78, 5) is 0. The summed E-state index contributed by atoms with van der Waals surface area (Å²) in [5.74, 6) is 0. The molecule has 0 saturated carbocycles. The van der Waals surface area contributed by atoms with Gasteiger partial charge in [-0.25, -0.2) is 0 Å². The molecule has 2 radical (unpaired) electrons. The Labute approximate surface area is 43.0 Å². The molecule has 0 aliphatic carbocycles. The molecule has 0 heterocycles. The van der Waals surface area contributed by atoms with Crippen LogP contribution in [0.5, 0.6) is 0 Å². The predicted molar refractivity (Wildman–Crippen MR) is 24.9 cm³/mol. The third-order valence-electron chi connectivity index (χ3n) is 0.581. The number of aliphatic hydroxyl groups is 3. The van der Waals surface area contributed by atoms with Gasteiger partial charge in [-0.05, 0) is 0 Å². The fourth-order valence-electron chi connectivity index (χ4n) is 0.108. The molecule has 4 heteroatoms. The van der Waals surface area contributed by atoms with Crippen molar-refractivity contribution >= 4 is 7.85 Å². The molecule has 3 N–H and O–H groups in total. The number of hydrogen-bond donors (Lipinski definition) is 3. The van der Waals surface area contributed by atoms with Crippen molar-refractivity contribution in [1.82, 2.24) is 0 Å². The standard InChI is InChI=1S/C3H7BO3/c4-3(7)2(6)1-5/h2-3,5-7H,1H2. The smallest absolute Gasteiger partial charge is 0.112 e. The summed E-state index contributed by atoms with van der Waals surface area (Å²) in [6, 6.07) is -1.33. The van der Waals surface area contributed by atoms with Crippen molar-refractivity contribution in [3.05, 3.63) is 0 Å². The van der Waals surface area contributed by atoms with E-state index in [1.54, 1.807) is 0 Å². The molecule has 0 bridgehead atoms. The molecule has 3 nitrogen and oxygen atoms in total. The maximum Gasteiger partial charge on any atom is 0.112 e. The molecule has 0 aliphatic rings. The fraction of sp³-hybridized carbons (Fsp3) is 1.00. The normalized spacial score (nSPS) is 18.7. The Morgan fingerprint density at radius 3 is 1.86 bits per heavy atom. The summed E-state index contributed by atoms with van der Waals surface area (Å²) in [5, 5.41) is 24.5. The van der Waals surface area contributed by atoms with Crippen molar-refractivity contribution in [3.63, 3.8) is 0 Å². The average Bonchev–Trinajstić information content (AvgIpc) is 1.65. The highest BCUT2D eigenvalue weighted by molar-refractivity contribution is 6.11. The van der Waals surface area contributed by atoms with Gasteiger partial charge in [0.2, 0.25) is 0 Å². The van der Waals surface area contributed by atoms with Crippen LogP contribution in [0.2, 0.25) is 0 Å². The van der Waals surface area contributed by atoms with Gasteiger partial charge >= 0.3 is 0 Å². The van der Waals surface area contributed by atoms with E-state index in [4.69, 9.17) is 23.2 Å². The fourth-order valence-corrected chi connectivity index (χ4v) is 0.108. The second-order valence-electron chi connectivity index (χ2n) is 1.24. The van der Waals surface area contributed by atoms with Crippen LogP contribution in [-0.2, 0) is 0 Å². The number of rotatable bonds is 2. The van der Waals surface area contributed by atoms with Gasteiger partial charge in [0, 0.05) is 6.00 Å². The lowest BCUT2D eigenvalue weighted by Crippen LogP contribution is -2.28. The van der Waals surface area contributed by atoms with E-state index in [1.807, 2.05) is 0 Å². The van der Waals surface area contributed by atoms with Crippen molar-refractivity contribution in [3.8, 4) is 0 Å². The molecular weight excluding hydrogens is 94.8 g/mol. The zero-order valence-electron chi connectivity index (χ0n) is 3.78. The lowest BCUT2D eigenvalue weighted by Gasteiger charge is -2.08. The molecule has 7 heavy (non-hydrogen) atoms. The van der Waals surface area contributed by atoms with Gasteiger partial charge in [-0.2, -0.15) is 0 Å². The number of aliphatic hydroxyl groups excluding tert-OH is 3. The van der Waals surface area contributed by atoms with E-state index in [9.17, 15) is 0 Å². The summed E-state index contributed by atoms with van der Waals surface area (Å²) >= 11 is 0. The quantitative estimate of drug-likeness (QED) is 0.347. The van der Waals surface area contributed by atoms with E-state index in [1.165, 1.54) is 0 Å². The van der Waals surface area contributed by atoms with Gasteiger partial charge in [0.25, 0.3) is 0 Å². The summed E-state index contributed by atoms with van der Waals surface area (Å²) in [6.07, 6.45) is -1.21. The molecule has 2 unspecified atom stereocenters. The predicted octanol–water partition coefficient (Wildman–Crippen LogP) is -2.17. The molecule has 0 aliphatic heterocycles. The molecule has 40 valence electrons. The van der Waals surface area contributed by atoms with Crippen molar-refractivity contribution in [2.24, 2.45) is 0 Å². The Morgan fingerprint density at radius 1 is 1.43 bits per heavy atom. The van der Waals surface area contributed by atoms with Crippen LogP contribution in [0, 0.1) is 0 Å². The minimum Gasteiger partial charge on any atom is -0.400 e. The van der Waals surface area contributed by atoms with E-state index in [0.717, 1.165) is 0 Å². The second kappa shape index (κ2) is 3.01. The van der Waals surface area contributed by atoms with Gasteiger partial charge in [-0.1, -0.05) is 0 Å². The van der Waals surface area contributed by atoms with Crippen LogP contribution in [0.3, 0.4) is 0 Å². The Kier molecular flexibility index (Phi) is 2.99. The van der Waals surface area contributed by atoms with Gasteiger partial charge in [0.05, 0.1) is 12.7 Å². The van der Waals surface area contributed by atoms with Gasteiger partial charge < -0.3 is 15.3 Å². The Balaban J connectivity index is 3.14. The summed E-state index contributed by atoms with van der Waals surface area (Å²) in [5.41, 5.74) is 0. The van der Waals surface area contributed by atoms with Gasteiger partial charge in [-0.3, -0.25) is 0 Å². The van der Waals surface area contributed by atoms with Crippen molar-refractivity contribution < 1.29 is 15.3 Å². The molecule has 0 fully saturated rings. The van der Waals surface area contributed by atoms with Gasteiger partial charge in [-0.15, -0.1) is 0 Å².